The summed E-state index contributed by atoms with van der Waals surface area (Å²) in [6, 6.07) is 4.03. The molecule has 0 spiro atoms. The molecule has 0 aliphatic rings. The second-order valence-corrected chi connectivity index (χ2v) is 2.51. The molecule has 0 fully saturated rings. The van der Waals surface area contributed by atoms with E-state index in [0.29, 0.717) is 5.88 Å². The highest BCUT2D eigenvalue weighted by Gasteiger charge is 1.84. The molecule has 46 valence electrons. The largest absolute Gasteiger partial charge is 0.148 e. The van der Waals surface area contributed by atoms with E-state index in [1.807, 2.05) is 17.5 Å². The summed E-state index contributed by atoms with van der Waals surface area (Å²) in [5.74, 6) is 0.650. The van der Waals surface area contributed by atoms with Crippen LogP contribution in [0.4, 0.5) is 0 Å². The molecule has 1 aromatic rings. The lowest BCUT2D eigenvalue weighted by Gasteiger charge is -1.76. The molecule has 0 N–H and O–H groups in total. The first kappa shape index (κ1) is 8.28. The molecule has 0 bridgehead atoms. The minimum absolute atomic E-state index is 0. The molecule has 1 aromatic heterocycles. The fourth-order valence-corrected chi connectivity index (χ4v) is 1.22. The van der Waals surface area contributed by atoms with Gasteiger partial charge in [-0.25, -0.2) is 0 Å². The van der Waals surface area contributed by atoms with Crippen LogP contribution in [0.2, 0.25) is 0 Å². The Labute approximate surface area is 63.9 Å². The van der Waals surface area contributed by atoms with Crippen LogP contribution in [-0.2, 0) is 5.88 Å². The Morgan fingerprint density at radius 2 is 2.38 bits per heavy atom. The first-order chi connectivity index (χ1) is 3.43. The van der Waals surface area contributed by atoms with Gasteiger partial charge in [0.1, 0.15) is 0 Å². The van der Waals surface area contributed by atoms with Crippen molar-refractivity contribution in [2.24, 2.45) is 0 Å². The monoisotopic (exact) mass is 168 g/mol. The second kappa shape index (κ2) is 4.19. The van der Waals surface area contributed by atoms with Crippen molar-refractivity contribution >= 4 is 35.3 Å². The van der Waals surface area contributed by atoms with Gasteiger partial charge in [-0.3, -0.25) is 0 Å². The Bertz CT molecular complexity index is 125. The molecular formula is C5H6Cl2S. The summed E-state index contributed by atoms with van der Waals surface area (Å²) in [6.45, 7) is 0. The van der Waals surface area contributed by atoms with Crippen molar-refractivity contribution in [2.45, 2.75) is 5.88 Å². The van der Waals surface area contributed by atoms with Crippen molar-refractivity contribution in [2.75, 3.05) is 0 Å². The molecule has 0 saturated carbocycles. The fraction of sp³-hybridized carbons (Fsp3) is 0.200. The van der Waals surface area contributed by atoms with Gasteiger partial charge in [0.2, 0.25) is 0 Å². The number of halogens is 2. The third-order valence-corrected chi connectivity index (χ3v) is 2.03. The van der Waals surface area contributed by atoms with Crippen LogP contribution in [0.5, 0.6) is 0 Å². The number of rotatable bonds is 1. The van der Waals surface area contributed by atoms with Gasteiger partial charge >= 0.3 is 0 Å². The van der Waals surface area contributed by atoms with Crippen LogP contribution in [0.15, 0.2) is 17.5 Å². The molecule has 8 heavy (non-hydrogen) atoms. The van der Waals surface area contributed by atoms with Crippen molar-refractivity contribution in [3.05, 3.63) is 22.4 Å². The molecule has 0 atom stereocenters. The van der Waals surface area contributed by atoms with E-state index in [4.69, 9.17) is 11.6 Å². The van der Waals surface area contributed by atoms with Crippen LogP contribution >= 0.6 is 35.3 Å². The van der Waals surface area contributed by atoms with Gasteiger partial charge < -0.3 is 0 Å². The molecule has 0 nitrogen and oxygen atoms in total. The Morgan fingerprint density at radius 3 is 2.62 bits per heavy atom. The standard InChI is InChI=1S/C5H5ClS.ClH/c6-4-5-2-1-3-7-5;/h1-3H,4H2;1H. The normalized spacial score (nSPS) is 8.12. The summed E-state index contributed by atoms with van der Waals surface area (Å²) in [5, 5.41) is 2.03. The van der Waals surface area contributed by atoms with Gasteiger partial charge in [0.15, 0.2) is 0 Å². The predicted octanol–water partition coefficient (Wildman–Crippen LogP) is 2.91. The van der Waals surface area contributed by atoms with E-state index >= 15 is 0 Å². The smallest absolute Gasteiger partial charge is 0.0568 e. The van der Waals surface area contributed by atoms with Crippen LogP contribution in [-0.4, -0.2) is 0 Å². The number of hydrogen-bond donors (Lipinski definition) is 0. The summed E-state index contributed by atoms with van der Waals surface area (Å²) in [4.78, 5) is 1.24. The molecule has 0 unspecified atom stereocenters. The van der Waals surface area contributed by atoms with E-state index in [1.165, 1.54) is 4.88 Å². The molecule has 0 aliphatic heterocycles. The van der Waals surface area contributed by atoms with E-state index < -0.39 is 0 Å². The van der Waals surface area contributed by atoms with E-state index in [9.17, 15) is 0 Å². The molecule has 0 aromatic carbocycles. The van der Waals surface area contributed by atoms with Gasteiger partial charge in [-0.15, -0.1) is 35.3 Å². The van der Waals surface area contributed by atoms with Gasteiger partial charge in [-0.2, -0.15) is 0 Å². The first-order valence-corrected chi connectivity index (χ1v) is 3.43. The summed E-state index contributed by atoms with van der Waals surface area (Å²) >= 11 is 7.17. The third kappa shape index (κ3) is 2.03. The maximum atomic E-state index is 5.48. The van der Waals surface area contributed by atoms with Crippen LogP contribution in [0.3, 0.4) is 0 Å². The maximum Gasteiger partial charge on any atom is 0.0568 e. The SMILES string of the molecule is Cl.ClCc1cccs1. The Balaban J connectivity index is 0.000000490. The zero-order valence-corrected chi connectivity index (χ0v) is 6.52. The second-order valence-electron chi connectivity index (χ2n) is 1.21. The number of hydrogen-bond acceptors (Lipinski definition) is 1. The summed E-state index contributed by atoms with van der Waals surface area (Å²) in [5.41, 5.74) is 0. The fourth-order valence-electron chi connectivity index (χ4n) is 0.389. The van der Waals surface area contributed by atoms with Crippen LogP contribution in [0.25, 0.3) is 0 Å². The lowest BCUT2D eigenvalue weighted by molar-refractivity contribution is 1.53. The average Bonchev–Trinajstić information content (AvgIpc) is 2.14. The highest BCUT2D eigenvalue weighted by molar-refractivity contribution is 7.10. The minimum Gasteiger partial charge on any atom is -0.148 e. The summed E-state index contributed by atoms with van der Waals surface area (Å²) < 4.78 is 0. The van der Waals surface area contributed by atoms with Crippen molar-refractivity contribution in [1.29, 1.82) is 0 Å². The van der Waals surface area contributed by atoms with Crippen molar-refractivity contribution in [3.8, 4) is 0 Å². The molecule has 0 radical (unpaired) electrons. The van der Waals surface area contributed by atoms with Gasteiger partial charge in [0.25, 0.3) is 0 Å². The molecule has 0 amide bonds. The predicted molar refractivity (Wildman–Crippen MR) is 41.1 cm³/mol. The van der Waals surface area contributed by atoms with Gasteiger partial charge in [-0.05, 0) is 11.4 Å². The molecule has 0 aliphatic carbocycles. The Hall–Kier alpha value is 0.280. The maximum absolute atomic E-state index is 5.48. The summed E-state index contributed by atoms with van der Waals surface area (Å²) in [7, 11) is 0. The Kier molecular flexibility index (Phi) is 4.33. The van der Waals surface area contributed by atoms with E-state index in [0.717, 1.165) is 0 Å². The van der Waals surface area contributed by atoms with Crippen molar-refractivity contribution in [3.63, 3.8) is 0 Å². The number of thiophene rings is 1. The van der Waals surface area contributed by atoms with Crippen molar-refractivity contribution < 1.29 is 0 Å². The van der Waals surface area contributed by atoms with Crippen LogP contribution in [0.1, 0.15) is 4.88 Å². The molecule has 0 saturated heterocycles. The van der Waals surface area contributed by atoms with Gasteiger partial charge in [-0.1, -0.05) is 6.07 Å². The highest BCUT2D eigenvalue weighted by atomic mass is 35.5. The zero-order valence-electron chi connectivity index (χ0n) is 4.13. The third-order valence-electron chi connectivity index (χ3n) is 0.712. The minimum atomic E-state index is 0. The Morgan fingerprint density at radius 1 is 1.62 bits per heavy atom. The van der Waals surface area contributed by atoms with Crippen LogP contribution < -0.4 is 0 Å². The first-order valence-electron chi connectivity index (χ1n) is 2.02. The van der Waals surface area contributed by atoms with Gasteiger partial charge in [0.05, 0.1) is 5.88 Å². The lowest BCUT2D eigenvalue weighted by Crippen LogP contribution is -1.58. The van der Waals surface area contributed by atoms with Gasteiger partial charge in [0, 0.05) is 4.88 Å². The highest BCUT2D eigenvalue weighted by Crippen LogP contribution is 2.09. The average molecular weight is 169 g/mol. The topological polar surface area (TPSA) is 0 Å². The number of alkyl halides is 1. The summed E-state index contributed by atoms with van der Waals surface area (Å²) in [6.07, 6.45) is 0. The molecule has 1 rings (SSSR count). The molecule has 3 heteroatoms. The van der Waals surface area contributed by atoms with Crippen LogP contribution in [0, 0.1) is 0 Å². The van der Waals surface area contributed by atoms with E-state index in [1.54, 1.807) is 11.3 Å². The van der Waals surface area contributed by atoms with E-state index in [-0.39, 0.29) is 12.4 Å². The quantitative estimate of drug-likeness (QED) is 0.567. The zero-order chi connectivity index (χ0) is 5.11. The van der Waals surface area contributed by atoms with Crippen molar-refractivity contribution in [1.82, 2.24) is 0 Å². The molecule has 1 heterocycles. The lowest BCUT2D eigenvalue weighted by atomic mass is 10.5. The van der Waals surface area contributed by atoms with E-state index in [2.05, 4.69) is 0 Å². The molecular weight excluding hydrogens is 163 g/mol.